The van der Waals surface area contributed by atoms with Crippen molar-refractivity contribution in [3.05, 3.63) is 71.0 Å². The average Bonchev–Trinajstić information content (AvgIpc) is 3.74. The number of carbonyl (C=O) groups is 3. The Morgan fingerprint density at radius 1 is 0.953 bits per heavy atom. The molecule has 2 heterocycles. The monoisotopic (exact) mass is 607 g/mol. The zero-order chi connectivity index (χ0) is 30.7. The number of rotatable bonds is 8. The summed E-state index contributed by atoms with van der Waals surface area (Å²) in [7, 11) is 0. The minimum atomic E-state index is -4.33. The van der Waals surface area contributed by atoms with Gasteiger partial charge >= 0.3 is 12.2 Å². The molecule has 43 heavy (non-hydrogen) atoms. The Bertz CT molecular complexity index is 1320. The molecule has 5 rings (SSSR count). The van der Waals surface area contributed by atoms with Crippen LogP contribution in [0.3, 0.4) is 0 Å². The molecule has 2 saturated heterocycles. The van der Waals surface area contributed by atoms with Crippen molar-refractivity contribution in [3.8, 4) is 0 Å². The van der Waals surface area contributed by atoms with E-state index in [1.807, 2.05) is 0 Å². The normalized spacial score (nSPS) is 21.9. The van der Waals surface area contributed by atoms with Gasteiger partial charge < -0.3 is 20.4 Å². The minimum Gasteiger partial charge on any atom is -0.343 e. The summed E-state index contributed by atoms with van der Waals surface area (Å²) in [5, 5.41) is 5.32. The first-order valence-corrected chi connectivity index (χ1v) is 14.4. The SMILES string of the molecule is O=C(NC(c1ccccc1)c1ccc(C2CC2)c(F)c1)C1CC(F)CN1C(=O)CNC(=O)N1CCN(CC(F)(F)F)CC1. The number of carbonyl (C=O) groups excluding carboxylic acids is 3. The topological polar surface area (TPSA) is 85.0 Å². The zero-order valence-electron chi connectivity index (χ0n) is 23.5. The summed E-state index contributed by atoms with van der Waals surface area (Å²) in [4.78, 5) is 42.7. The largest absolute Gasteiger partial charge is 0.401 e. The third-order valence-corrected chi connectivity index (χ3v) is 8.12. The van der Waals surface area contributed by atoms with Crippen molar-refractivity contribution in [1.82, 2.24) is 25.3 Å². The van der Waals surface area contributed by atoms with Crippen molar-refractivity contribution < 1.29 is 36.3 Å². The lowest BCUT2D eigenvalue weighted by atomic mass is 9.96. The Morgan fingerprint density at radius 3 is 2.28 bits per heavy atom. The first-order chi connectivity index (χ1) is 20.5. The molecule has 8 nitrogen and oxygen atoms in total. The van der Waals surface area contributed by atoms with Crippen LogP contribution >= 0.6 is 0 Å². The Labute approximate surface area is 246 Å². The number of benzene rings is 2. The number of hydrogen-bond donors (Lipinski definition) is 2. The summed E-state index contributed by atoms with van der Waals surface area (Å²) in [5.41, 5.74) is 1.83. The Hall–Kier alpha value is -3.74. The number of hydrogen-bond acceptors (Lipinski definition) is 4. The van der Waals surface area contributed by atoms with Crippen molar-refractivity contribution in [2.75, 3.05) is 45.8 Å². The van der Waals surface area contributed by atoms with Crippen molar-refractivity contribution in [2.24, 2.45) is 0 Å². The third-order valence-electron chi connectivity index (χ3n) is 8.12. The second kappa shape index (κ2) is 12.9. The van der Waals surface area contributed by atoms with Crippen LogP contribution in [0.1, 0.15) is 47.9 Å². The quantitative estimate of drug-likeness (QED) is 0.448. The lowest BCUT2D eigenvalue weighted by molar-refractivity contribution is -0.148. The van der Waals surface area contributed by atoms with E-state index in [9.17, 15) is 36.3 Å². The van der Waals surface area contributed by atoms with E-state index in [-0.39, 0.29) is 50.9 Å². The summed E-state index contributed by atoms with van der Waals surface area (Å²) in [5.74, 6) is -1.42. The lowest BCUT2D eigenvalue weighted by Crippen LogP contribution is -2.55. The molecule has 13 heteroatoms. The number of nitrogens with one attached hydrogen (secondary N) is 2. The molecular weight excluding hydrogens is 573 g/mol. The van der Waals surface area contributed by atoms with Gasteiger partial charge in [0, 0.05) is 32.6 Å². The lowest BCUT2D eigenvalue weighted by Gasteiger charge is -2.35. The van der Waals surface area contributed by atoms with Gasteiger partial charge in [-0.15, -0.1) is 0 Å². The van der Waals surface area contributed by atoms with Gasteiger partial charge in [-0.05, 0) is 41.5 Å². The number of piperazine rings is 1. The van der Waals surface area contributed by atoms with Crippen LogP contribution in [0.15, 0.2) is 48.5 Å². The molecule has 1 aliphatic carbocycles. The number of likely N-dealkylation sites (tertiary alicyclic amines) is 1. The first-order valence-electron chi connectivity index (χ1n) is 14.4. The van der Waals surface area contributed by atoms with E-state index < -0.39 is 55.4 Å². The van der Waals surface area contributed by atoms with Crippen LogP contribution in [0.2, 0.25) is 0 Å². The van der Waals surface area contributed by atoms with E-state index in [2.05, 4.69) is 10.6 Å². The highest BCUT2D eigenvalue weighted by Crippen LogP contribution is 2.42. The summed E-state index contributed by atoms with van der Waals surface area (Å²) in [6.07, 6.45) is -4.15. The highest BCUT2D eigenvalue weighted by atomic mass is 19.4. The number of alkyl halides is 4. The number of halogens is 5. The molecular formula is C30H34F5N5O3. The van der Waals surface area contributed by atoms with Gasteiger partial charge in [-0.25, -0.2) is 13.6 Å². The number of nitrogens with zero attached hydrogens (tertiary/aromatic N) is 3. The fraction of sp³-hybridized carbons (Fsp3) is 0.500. The van der Waals surface area contributed by atoms with Gasteiger partial charge in [-0.2, -0.15) is 13.2 Å². The third kappa shape index (κ3) is 7.81. The molecule has 3 atom stereocenters. The fourth-order valence-corrected chi connectivity index (χ4v) is 5.73. The Kier molecular flexibility index (Phi) is 9.19. The van der Waals surface area contributed by atoms with E-state index >= 15 is 0 Å². The predicted molar refractivity (Wildman–Crippen MR) is 147 cm³/mol. The Morgan fingerprint density at radius 2 is 1.65 bits per heavy atom. The van der Waals surface area contributed by atoms with Gasteiger partial charge in [0.25, 0.3) is 0 Å². The molecule has 232 valence electrons. The number of urea groups is 1. The van der Waals surface area contributed by atoms with Crippen molar-refractivity contribution in [3.63, 3.8) is 0 Å². The molecule has 4 amide bonds. The van der Waals surface area contributed by atoms with Gasteiger partial charge in [0.15, 0.2) is 0 Å². The second-order valence-electron chi connectivity index (χ2n) is 11.3. The second-order valence-corrected chi connectivity index (χ2v) is 11.3. The van der Waals surface area contributed by atoms with Crippen LogP contribution in [0.4, 0.5) is 26.7 Å². The molecule has 3 unspecified atom stereocenters. The molecule has 0 spiro atoms. The minimum absolute atomic E-state index is 0.0363. The van der Waals surface area contributed by atoms with Crippen molar-refractivity contribution >= 4 is 17.8 Å². The van der Waals surface area contributed by atoms with Gasteiger partial charge in [0.2, 0.25) is 11.8 Å². The molecule has 2 aliphatic heterocycles. The molecule has 1 saturated carbocycles. The molecule has 0 bridgehead atoms. The van der Waals surface area contributed by atoms with Crippen LogP contribution < -0.4 is 10.6 Å². The smallest absolute Gasteiger partial charge is 0.343 e. The maximum atomic E-state index is 14.9. The van der Waals surface area contributed by atoms with E-state index in [1.165, 1.54) is 15.9 Å². The van der Waals surface area contributed by atoms with Crippen molar-refractivity contribution in [2.45, 2.75) is 49.6 Å². The molecule has 2 aromatic rings. The van der Waals surface area contributed by atoms with Crippen LogP contribution in [0.5, 0.6) is 0 Å². The van der Waals surface area contributed by atoms with E-state index in [4.69, 9.17) is 0 Å². The molecule has 0 radical (unpaired) electrons. The standard InChI is InChI=1S/C30H34F5N5O3/c31-22-15-25(40(17-22)26(41)16-36-29(43)39-12-10-38(11-13-39)18-30(33,34)35)28(42)37-27(20-4-2-1-3-5-20)21-8-9-23(19-6-7-19)24(32)14-21/h1-5,8-9,14,19,22,25,27H,6-7,10-13,15-18H2,(H,36,43)(H,37,42). The molecule has 3 aliphatic rings. The summed E-state index contributed by atoms with van der Waals surface area (Å²) in [6, 6.07) is 11.3. The van der Waals surface area contributed by atoms with Gasteiger partial charge in [0.1, 0.15) is 18.0 Å². The maximum Gasteiger partial charge on any atom is 0.401 e. The predicted octanol–water partition coefficient (Wildman–Crippen LogP) is 3.74. The summed E-state index contributed by atoms with van der Waals surface area (Å²) >= 11 is 0. The van der Waals surface area contributed by atoms with Crippen LogP contribution in [-0.2, 0) is 9.59 Å². The van der Waals surface area contributed by atoms with Crippen LogP contribution in [0, 0.1) is 5.82 Å². The molecule has 3 fully saturated rings. The summed E-state index contributed by atoms with van der Waals surface area (Å²) < 4.78 is 67.4. The van der Waals surface area contributed by atoms with E-state index in [1.54, 1.807) is 42.5 Å². The molecule has 2 aromatic carbocycles. The summed E-state index contributed by atoms with van der Waals surface area (Å²) in [6.45, 7) is -1.71. The number of amides is 4. The van der Waals surface area contributed by atoms with Crippen LogP contribution in [0.25, 0.3) is 0 Å². The average molecular weight is 608 g/mol. The van der Waals surface area contributed by atoms with Gasteiger partial charge in [0.05, 0.1) is 25.7 Å². The van der Waals surface area contributed by atoms with Crippen LogP contribution in [-0.4, -0.2) is 96.7 Å². The fourth-order valence-electron chi connectivity index (χ4n) is 5.73. The highest BCUT2D eigenvalue weighted by molar-refractivity contribution is 5.91. The maximum absolute atomic E-state index is 14.9. The van der Waals surface area contributed by atoms with Crippen molar-refractivity contribution in [1.29, 1.82) is 0 Å². The van der Waals surface area contributed by atoms with E-state index in [0.717, 1.165) is 17.7 Å². The molecule has 2 N–H and O–H groups in total. The van der Waals surface area contributed by atoms with Gasteiger partial charge in [-0.1, -0.05) is 42.5 Å². The first kappa shape index (κ1) is 30.7. The zero-order valence-corrected chi connectivity index (χ0v) is 23.5. The van der Waals surface area contributed by atoms with Gasteiger partial charge in [-0.3, -0.25) is 14.5 Å². The molecule has 0 aromatic heterocycles. The highest BCUT2D eigenvalue weighted by Gasteiger charge is 2.41. The van der Waals surface area contributed by atoms with E-state index in [0.29, 0.717) is 16.7 Å². The Balaban J connectivity index is 1.21.